The normalized spacial score (nSPS) is 10.1. The van der Waals surface area contributed by atoms with E-state index >= 15 is 0 Å². The lowest BCUT2D eigenvalue weighted by atomic mass is 10.2. The van der Waals surface area contributed by atoms with Crippen LogP contribution in [-0.2, 0) is 0 Å². The summed E-state index contributed by atoms with van der Waals surface area (Å²) in [6.07, 6.45) is 1.69. The van der Waals surface area contributed by atoms with Crippen LogP contribution in [0.5, 0.6) is 0 Å². The fourth-order valence-corrected chi connectivity index (χ4v) is 1.36. The zero-order valence-corrected chi connectivity index (χ0v) is 8.91. The SMILES string of the molecule is O=Cc1[nH]ncc1NC(=O)c1cc(F)cc(F)c1. The molecular weight excluding hydrogens is 244 g/mol. The molecule has 0 aliphatic carbocycles. The Morgan fingerprint density at radius 1 is 1.28 bits per heavy atom. The number of carbonyl (C=O) groups excluding carboxylic acids is 2. The van der Waals surface area contributed by atoms with Gasteiger partial charge in [0.05, 0.1) is 11.9 Å². The van der Waals surface area contributed by atoms with Crippen LogP contribution in [0.1, 0.15) is 20.8 Å². The third-order valence-electron chi connectivity index (χ3n) is 2.16. The van der Waals surface area contributed by atoms with Crippen LogP contribution in [0.4, 0.5) is 14.5 Å². The van der Waals surface area contributed by atoms with E-state index in [1.165, 1.54) is 6.20 Å². The minimum Gasteiger partial charge on any atom is -0.319 e. The van der Waals surface area contributed by atoms with E-state index in [1.807, 2.05) is 0 Å². The van der Waals surface area contributed by atoms with Gasteiger partial charge in [0.25, 0.3) is 5.91 Å². The maximum absolute atomic E-state index is 12.9. The molecule has 1 amide bonds. The van der Waals surface area contributed by atoms with Gasteiger partial charge >= 0.3 is 0 Å². The minimum atomic E-state index is -0.858. The van der Waals surface area contributed by atoms with Crippen LogP contribution < -0.4 is 5.32 Å². The molecule has 2 aromatic rings. The molecule has 0 saturated carbocycles. The van der Waals surface area contributed by atoms with Crippen molar-refractivity contribution in [2.24, 2.45) is 0 Å². The Labute approximate surface area is 99.8 Å². The predicted octanol–water partition coefficient (Wildman–Crippen LogP) is 1.75. The van der Waals surface area contributed by atoms with E-state index in [0.717, 1.165) is 12.1 Å². The molecule has 0 spiro atoms. The zero-order chi connectivity index (χ0) is 13.1. The molecule has 0 fully saturated rings. The van der Waals surface area contributed by atoms with E-state index in [2.05, 4.69) is 15.5 Å². The molecule has 0 unspecified atom stereocenters. The number of nitrogens with one attached hydrogen (secondary N) is 2. The second-order valence-corrected chi connectivity index (χ2v) is 3.43. The van der Waals surface area contributed by atoms with Gasteiger partial charge in [-0.05, 0) is 12.1 Å². The van der Waals surface area contributed by atoms with E-state index in [-0.39, 0.29) is 16.9 Å². The van der Waals surface area contributed by atoms with Crippen LogP contribution >= 0.6 is 0 Å². The fraction of sp³-hybridized carbons (Fsp3) is 0. The van der Waals surface area contributed by atoms with Crippen LogP contribution in [-0.4, -0.2) is 22.4 Å². The van der Waals surface area contributed by atoms with Gasteiger partial charge in [-0.1, -0.05) is 0 Å². The molecule has 7 heteroatoms. The van der Waals surface area contributed by atoms with Crippen LogP contribution in [0.2, 0.25) is 0 Å². The lowest BCUT2D eigenvalue weighted by molar-refractivity contribution is 0.102. The molecule has 0 bridgehead atoms. The van der Waals surface area contributed by atoms with Crippen molar-refractivity contribution in [1.29, 1.82) is 0 Å². The number of amides is 1. The maximum atomic E-state index is 12.9. The van der Waals surface area contributed by atoms with Gasteiger partial charge < -0.3 is 5.32 Å². The first-order valence-corrected chi connectivity index (χ1v) is 4.86. The summed E-state index contributed by atoms with van der Waals surface area (Å²) in [5, 5.41) is 8.22. The topological polar surface area (TPSA) is 74.8 Å². The smallest absolute Gasteiger partial charge is 0.255 e. The highest BCUT2D eigenvalue weighted by molar-refractivity contribution is 6.05. The number of aldehydes is 1. The molecule has 1 aromatic carbocycles. The van der Waals surface area contributed by atoms with Crippen molar-refractivity contribution in [1.82, 2.24) is 10.2 Å². The number of aromatic nitrogens is 2. The molecule has 1 aromatic heterocycles. The average Bonchev–Trinajstić information content (AvgIpc) is 2.75. The number of rotatable bonds is 3. The molecule has 0 radical (unpaired) electrons. The second kappa shape index (κ2) is 4.74. The summed E-state index contributed by atoms with van der Waals surface area (Å²) in [5.74, 6) is -2.45. The van der Waals surface area contributed by atoms with Crippen LogP contribution in [0.15, 0.2) is 24.4 Å². The van der Waals surface area contributed by atoms with Crippen LogP contribution in [0.25, 0.3) is 0 Å². The lowest BCUT2D eigenvalue weighted by Gasteiger charge is -2.03. The summed E-state index contributed by atoms with van der Waals surface area (Å²) in [6.45, 7) is 0. The fourth-order valence-electron chi connectivity index (χ4n) is 1.36. The summed E-state index contributed by atoms with van der Waals surface area (Å²) < 4.78 is 25.8. The van der Waals surface area contributed by atoms with Crippen molar-refractivity contribution in [2.75, 3.05) is 5.32 Å². The van der Waals surface area contributed by atoms with Crippen molar-refractivity contribution in [3.05, 3.63) is 47.3 Å². The Bertz CT molecular complexity index is 590. The molecule has 2 rings (SSSR count). The van der Waals surface area contributed by atoms with Crippen molar-refractivity contribution in [3.8, 4) is 0 Å². The van der Waals surface area contributed by atoms with Crippen molar-refractivity contribution < 1.29 is 18.4 Å². The molecule has 0 aliphatic heterocycles. The molecule has 0 aliphatic rings. The van der Waals surface area contributed by atoms with Crippen molar-refractivity contribution >= 4 is 17.9 Å². The third kappa shape index (κ3) is 2.40. The average molecular weight is 251 g/mol. The second-order valence-electron chi connectivity index (χ2n) is 3.43. The van der Waals surface area contributed by atoms with E-state index < -0.39 is 17.5 Å². The summed E-state index contributed by atoms with van der Waals surface area (Å²) in [6, 6.07) is 2.43. The largest absolute Gasteiger partial charge is 0.319 e. The number of anilines is 1. The number of benzene rings is 1. The van der Waals surface area contributed by atoms with Gasteiger partial charge in [0.15, 0.2) is 6.29 Å². The van der Waals surface area contributed by atoms with Gasteiger partial charge in [0.1, 0.15) is 17.3 Å². The molecule has 5 nitrogen and oxygen atoms in total. The number of halogens is 2. The number of carbonyl (C=O) groups is 2. The van der Waals surface area contributed by atoms with Gasteiger partial charge in [-0.25, -0.2) is 8.78 Å². The Morgan fingerprint density at radius 3 is 2.56 bits per heavy atom. The number of hydrogen-bond donors (Lipinski definition) is 2. The Kier molecular flexibility index (Phi) is 3.13. The lowest BCUT2D eigenvalue weighted by Crippen LogP contribution is -2.13. The number of H-pyrrole nitrogens is 1. The summed E-state index contributed by atoms with van der Waals surface area (Å²) in [4.78, 5) is 22.3. The van der Waals surface area contributed by atoms with Crippen LogP contribution in [0, 0.1) is 11.6 Å². The zero-order valence-electron chi connectivity index (χ0n) is 8.91. The van der Waals surface area contributed by atoms with Gasteiger partial charge in [-0.15, -0.1) is 0 Å². The summed E-state index contributed by atoms with van der Waals surface area (Å²) >= 11 is 0. The monoisotopic (exact) mass is 251 g/mol. The molecule has 1 heterocycles. The predicted molar refractivity (Wildman–Crippen MR) is 58.3 cm³/mol. The molecule has 92 valence electrons. The Morgan fingerprint density at radius 2 is 1.94 bits per heavy atom. The van der Waals surface area contributed by atoms with E-state index in [0.29, 0.717) is 12.4 Å². The van der Waals surface area contributed by atoms with Gasteiger partial charge in [0.2, 0.25) is 0 Å². The number of aromatic amines is 1. The quantitative estimate of drug-likeness (QED) is 0.816. The highest BCUT2D eigenvalue weighted by Gasteiger charge is 2.12. The highest BCUT2D eigenvalue weighted by Crippen LogP contribution is 2.13. The van der Waals surface area contributed by atoms with Gasteiger partial charge in [-0.3, -0.25) is 14.7 Å². The Hall–Kier alpha value is -2.57. The van der Waals surface area contributed by atoms with Gasteiger partial charge in [0, 0.05) is 11.6 Å². The first kappa shape index (κ1) is 11.9. The minimum absolute atomic E-state index is 0.0697. The molecule has 2 N–H and O–H groups in total. The summed E-state index contributed by atoms with van der Waals surface area (Å²) in [5.41, 5.74) is 0.0189. The van der Waals surface area contributed by atoms with Crippen molar-refractivity contribution in [3.63, 3.8) is 0 Å². The van der Waals surface area contributed by atoms with Gasteiger partial charge in [-0.2, -0.15) is 5.10 Å². The molecule has 0 atom stereocenters. The number of nitrogens with zero attached hydrogens (tertiary/aromatic N) is 1. The summed E-state index contributed by atoms with van der Waals surface area (Å²) in [7, 11) is 0. The number of hydrogen-bond acceptors (Lipinski definition) is 3. The molecular formula is C11H7F2N3O2. The first-order chi connectivity index (χ1) is 8.60. The van der Waals surface area contributed by atoms with Crippen molar-refractivity contribution in [2.45, 2.75) is 0 Å². The Balaban J connectivity index is 2.24. The van der Waals surface area contributed by atoms with E-state index in [9.17, 15) is 18.4 Å². The highest BCUT2D eigenvalue weighted by atomic mass is 19.1. The van der Waals surface area contributed by atoms with E-state index in [1.54, 1.807) is 0 Å². The standard InChI is InChI=1S/C11H7F2N3O2/c12-7-1-6(2-8(13)3-7)11(18)15-9-4-14-16-10(9)5-17/h1-5H,(H,14,16)(H,15,18). The van der Waals surface area contributed by atoms with Crippen LogP contribution in [0.3, 0.4) is 0 Å². The first-order valence-electron chi connectivity index (χ1n) is 4.86. The van der Waals surface area contributed by atoms with E-state index in [4.69, 9.17) is 0 Å². The third-order valence-corrected chi connectivity index (χ3v) is 2.16. The molecule has 18 heavy (non-hydrogen) atoms. The maximum Gasteiger partial charge on any atom is 0.255 e. The molecule has 0 saturated heterocycles.